The quantitative estimate of drug-likeness (QED) is 0.141. The van der Waals surface area contributed by atoms with E-state index in [1.165, 1.54) is 7.11 Å². The van der Waals surface area contributed by atoms with Crippen LogP contribution in [0.25, 0.3) is 27.1 Å². The number of aromatic nitrogens is 5. The van der Waals surface area contributed by atoms with Crippen molar-refractivity contribution in [1.29, 1.82) is 0 Å². The van der Waals surface area contributed by atoms with Gasteiger partial charge < -0.3 is 23.3 Å². The Balaban J connectivity index is 1.28. The summed E-state index contributed by atoms with van der Waals surface area (Å²) >= 11 is 0. The molecule has 6 aromatic rings. The van der Waals surface area contributed by atoms with Gasteiger partial charge in [0.15, 0.2) is 5.69 Å². The maximum atomic E-state index is 12.5. The number of pyridine rings is 1. The molecule has 0 N–H and O–H groups in total. The first-order valence-electron chi connectivity index (χ1n) is 15.9. The second kappa shape index (κ2) is 13.4. The van der Waals surface area contributed by atoms with Gasteiger partial charge in [-0.25, -0.2) is 24.6 Å². The Morgan fingerprint density at radius 3 is 2.79 bits per heavy atom. The van der Waals surface area contributed by atoms with E-state index in [2.05, 4.69) is 38.0 Å². The van der Waals surface area contributed by atoms with Crippen molar-refractivity contribution in [2.24, 2.45) is 0 Å². The number of methoxy groups -OCH3 is 1. The number of rotatable bonds is 6. The molecule has 0 aliphatic carbocycles. The second-order valence-electron chi connectivity index (χ2n) is 11.6. The summed E-state index contributed by atoms with van der Waals surface area (Å²) in [7, 11) is 1.38. The van der Waals surface area contributed by atoms with E-state index >= 15 is 0 Å². The molecule has 240 valence electrons. The third-order valence-corrected chi connectivity index (χ3v) is 8.69. The summed E-state index contributed by atoms with van der Waals surface area (Å²) in [5.74, 6) is 1.71. The average molecular weight is 639 g/mol. The number of benzene rings is 3. The molecule has 4 heterocycles. The lowest BCUT2D eigenvalue weighted by molar-refractivity contribution is 0.0601. The van der Waals surface area contributed by atoms with Gasteiger partial charge in [-0.3, -0.25) is 0 Å². The van der Waals surface area contributed by atoms with E-state index in [1.54, 1.807) is 6.07 Å². The number of imidazole rings is 2. The fraction of sp³-hybridized carbons (Fsp3) is 0.237. The fourth-order valence-corrected chi connectivity index (χ4v) is 6.13. The largest absolute Gasteiger partial charge is 0.493 e. The van der Waals surface area contributed by atoms with E-state index in [-0.39, 0.29) is 0 Å². The highest BCUT2D eigenvalue weighted by molar-refractivity contribution is 5.93. The van der Waals surface area contributed by atoms with Gasteiger partial charge in [-0.15, -0.1) is 0 Å². The van der Waals surface area contributed by atoms with Crippen LogP contribution in [0.2, 0.25) is 0 Å². The second-order valence-corrected chi connectivity index (χ2v) is 11.6. The van der Waals surface area contributed by atoms with Crippen LogP contribution in [0.1, 0.15) is 51.9 Å². The Morgan fingerprint density at radius 2 is 1.94 bits per heavy atom. The molecule has 0 radical (unpaired) electrons. The van der Waals surface area contributed by atoms with Crippen LogP contribution in [0, 0.1) is 6.57 Å². The number of fused-ring (bicyclic) bond motifs is 7. The molecule has 48 heavy (non-hydrogen) atoms. The van der Waals surface area contributed by atoms with Crippen molar-refractivity contribution in [2.75, 3.05) is 13.7 Å². The van der Waals surface area contributed by atoms with Crippen molar-refractivity contribution >= 4 is 22.7 Å². The summed E-state index contributed by atoms with van der Waals surface area (Å²) in [6.45, 7) is 11.7. The zero-order valence-electron chi connectivity index (χ0n) is 26.8. The van der Waals surface area contributed by atoms with Gasteiger partial charge in [0, 0.05) is 36.4 Å². The molecule has 1 aliphatic rings. The summed E-state index contributed by atoms with van der Waals surface area (Å²) in [6, 6.07) is 23.1. The predicted octanol–water partition coefficient (Wildman–Crippen LogP) is 7.20. The first-order chi connectivity index (χ1) is 23.5. The molecule has 10 heteroatoms. The van der Waals surface area contributed by atoms with Crippen LogP contribution in [0.4, 0.5) is 5.69 Å². The zero-order valence-corrected chi connectivity index (χ0v) is 26.8. The molecule has 1 aliphatic heterocycles. The van der Waals surface area contributed by atoms with Gasteiger partial charge in [0.25, 0.3) is 0 Å². The number of carbonyl (C=O) groups excluding carboxylic acids is 1. The highest BCUT2D eigenvalue weighted by atomic mass is 16.5. The lowest BCUT2D eigenvalue weighted by Gasteiger charge is -2.17. The molecule has 3 aromatic carbocycles. The number of carbonyl (C=O) groups is 1. The molecular formula is C38H34N6O4. The Morgan fingerprint density at radius 1 is 1.02 bits per heavy atom. The predicted molar refractivity (Wildman–Crippen MR) is 181 cm³/mol. The monoisotopic (exact) mass is 638 g/mol. The van der Waals surface area contributed by atoms with Crippen LogP contribution < -0.4 is 9.47 Å². The zero-order chi connectivity index (χ0) is 33.0. The number of hydrogen-bond donors (Lipinski definition) is 0. The standard InChI is InChI=1S/C38H34N6O4/c1-4-43-24-40-21-31(43)22-44-34-18-28(38(45)46-3)13-15-33(34)41-36(44)20-27-11-10-26-19-35(27)47-16-6-7-25-17-30(39-2)14-12-29(25)23-48-37-9-5-8-32(26)42-37/h5,8-15,17-19,21,24H,4,6-7,16,20,22-23H2,1,3H3. The third kappa shape index (κ3) is 6.22. The molecule has 0 unspecified atom stereocenters. The molecule has 0 fully saturated rings. The van der Waals surface area contributed by atoms with Gasteiger partial charge in [0.1, 0.15) is 18.2 Å². The Hall–Kier alpha value is -5.95. The summed E-state index contributed by atoms with van der Waals surface area (Å²) in [5, 5.41) is 0. The molecule has 7 rings (SSSR count). The molecule has 0 saturated heterocycles. The van der Waals surface area contributed by atoms with E-state index in [0.717, 1.165) is 75.6 Å². The molecule has 0 amide bonds. The normalized spacial score (nSPS) is 12.7. The minimum atomic E-state index is -0.397. The van der Waals surface area contributed by atoms with Crippen molar-refractivity contribution < 1.29 is 19.0 Å². The van der Waals surface area contributed by atoms with Gasteiger partial charge >= 0.3 is 5.97 Å². The molecular weight excluding hydrogens is 604 g/mol. The minimum absolute atomic E-state index is 0.371. The SMILES string of the molecule is [C-]#[N+]c1ccc2c(c1)CCCOc1cc(ccc1Cc1nc3ccc(C(=O)OC)cc3n1Cc1cncn1CC)-c1cccc(n1)OC2. The summed E-state index contributed by atoms with van der Waals surface area (Å²) in [6.07, 6.45) is 5.69. The molecule has 0 saturated carbocycles. The van der Waals surface area contributed by atoms with E-state index in [1.807, 2.05) is 67.1 Å². The van der Waals surface area contributed by atoms with Crippen LogP contribution in [0.5, 0.6) is 11.6 Å². The minimum Gasteiger partial charge on any atom is -0.493 e. The summed E-state index contributed by atoms with van der Waals surface area (Å²) in [4.78, 5) is 30.3. The van der Waals surface area contributed by atoms with E-state index in [4.69, 9.17) is 30.8 Å². The number of esters is 1. The van der Waals surface area contributed by atoms with Crippen molar-refractivity contribution in [3.8, 4) is 22.9 Å². The number of hydrogen-bond acceptors (Lipinski definition) is 7. The molecule has 10 nitrogen and oxygen atoms in total. The Kier molecular flexibility index (Phi) is 8.58. The van der Waals surface area contributed by atoms with Crippen LogP contribution in [0.3, 0.4) is 0 Å². The van der Waals surface area contributed by atoms with E-state index in [0.29, 0.717) is 43.3 Å². The Bertz CT molecular complexity index is 2180. The van der Waals surface area contributed by atoms with Gasteiger partial charge in [-0.1, -0.05) is 42.0 Å². The third-order valence-electron chi connectivity index (χ3n) is 8.69. The maximum absolute atomic E-state index is 12.5. The maximum Gasteiger partial charge on any atom is 0.337 e. The van der Waals surface area contributed by atoms with Crippen molar-refractivity contribution in [3.05, 3.63) is 131 Å². The lowest BCUT2D eigenvalue weighted by Crippen LogP contribution is -2.11. The molecule has 3 aromatic heterocycles. The van der Waals surface area contributed by atoms with Crippen molar-refractivity contribution in [2.45, 2.75) is 45.9 Å². The van der Waals surface area contributed by atoms with Gasteiger partial charge in [-0.05, 0) is 55.7 Å². The topological polar surface area (TPSA) is 97.7 Å². The molecule has 0 spiro atoms. The first kappa shape index (κ1) is 30.7. The number of ether oxygens (including phenoxy) is 3. The highest BCUT2D eigenvalue weighted by Gasteiger charge is 2.19. The van der Waals surface area contributed by atoms with Crippen LogP contribution in [-0.2, 0) is 37.3 Å². The Labute approximate surface area is 278 Å². The smallest absolute Gasteiger partial charge is 0.337 e. The summed E-state index contributed by atoms with van der Waals surface area (Å²) in [5.41, 5.74) is 8.50. The first-order valence-corrected chi connectivity index (χ1v) is 15.9. The number of aryl methyl sites for hydroxylation is 2. The van der Waals surface area contributed by atoms with E-state index in [9.17, 15) is 4.79 Å². The highest BCUT2D eigenvalue weighted by Crippen LogP contribution is 2.32. The average Bonchev–Trinajstić information content (AvgIpc) is 3.72. The molecule has 4 bridgehead atoms. The summed E-state index contributed by atoms with van der Waals surface area (Å²) < 4.78 is 21.9. The lowest BCUT2D eigenvalue weighted by atomic mass is 10.0. The van der Waals surface area contributed by atoms with Crippen LogP contribution in [0.15, 0.2) is 85.3 Å². The van der Waals surface area contributed by atoms with Crippen LogP contribution >= 0.6 is 0 Å². The number of nitrogens with zero attached hydrogens (tertiary/aromatic N) is 6. The fourth-order valence-electron chi connectivity index (χ4n) is 6.13. The van der Waals surface area contributed by atoms with E-state index < -0.39 is 5.97 Å². The molecule has 0 atom stereocenters. The van der Waals surface area contributed by atoms with Gasteiger partial charge in [0.05, 0.1) is 61.1 Å². The van der Waals surface area contributed by atoms with Gasteiger partial charge in [0.2, 0.25) is 5.88 Å². The van der Waals surface area contributed by atoms with Gasteiger partial charge in [-0.2, -0.15) is 0 Å². The van der Waals surface area contributed by atoms with Crippen molar-refractivity contribution in [1.82, 2.24) is 24.1 Å². The van der Waals surface area contributed by atoms with Crippen molar-refractivity contribution in [3.63, 3.8) is 0 Å². The van der Waals surface area contributed by atoms with Crippen LogP contribution in [-0.4, -0.2) is 43.8 Å².